The lowest BCUT2D eigenvalue weighted by atomic mass is 9.95. The van der Waals surface area contributed by atoms with E-state index >= 15 is 0 Å². The third kappa shape index (κ3) is 8.44. The molecule has 0 bridgehead atoms. The quantitative estimate of drug-likeness (QED) is 0.269. The van der Waals surface area contributed by atoms with Crippen molar-refractivity contribution < 1.29 is 14.0 Å². The highest BCUT2D eigenvalue weighted by molar-refractivity contribution is 6.03. The molecule has 0 N–H and O–H groups in total. The molecule has 0 saturated heterocycles. The molecule has 5 nitrogen and oxygen atoms in total. The van der Waals surface area contributed by atoms with Gasteiger partial charge in [-0.15, -0.1) is 0 Å². The van der Waals surface area contributed by atoms with Gasteiger partial charge >= 0.3 is 0 Å². The molecule has 200 valence electrons. The maximum Gasteiger partial charge on any atom is 0.199 e. The minimum atomic E-state index is 0.685. The Labute approximate surface area is 229 Å². The highest BCUT2D eigenvalue weighted by Crippen LogP contribution is 2.26. The van der Waals surface area contributed by atoms with Crippen LogP contribution in [0.25, 0.3) is 11.6 Å². The van der Waals surface area contributed by atoms with Crippen LogP contribution < -0.4 is 9.80 Å². The molecular weight excluding hydrogens is 470 g/mol. The first-order valence-corrected chi connectivity index (χ1v) is 13.0. The van der Waals surface area contributed by atoms with Gasteiger partial charge < -0.3 is 19.3 Å². The molecule has 0 spiro atoms. The summed E-state index contributed by atoms with van der Waals surface area (Å²) in [6.45, 7) is 3.04. The Kier molecular flexibility index (Phi) is 11.3. The Hall–Kier alpha value is -3.67. The molecule has 3 rings (SSSR count). The molecule has 0 amide bonds. The zero-order chi connectivity index (χ0) is 27.3. The summed E-state index contributed by atoms with van der Waals surface area (Å²) in [4.78, 5) is 4.40. The number of nitrogens with zero attached hydrogens (tertiary/aromatic N) is 3. The monoisotopic (exact) mass is 512 g/mol. The van der Waals surface area contributed by atoms with Crippen molar-refractivity contribution in [1.29, 1.82) is 0 Å². The lowest BCUT2D eigenvalue weighted by molar-refractivity contribution is -0.462. The van der Waals surface area contributed by atoms with Gasteiger partial charge in [0, 0.05) is 64.9 Å². The van der Waals surface area contributed by atoms with Gasteiger partial charge in [-0.2, -0.15) is 0 Å². The molecule has 1 aliphatic carbocycles. The van der Waals surface area contributed by atoms with Gasteiger partial charge in [-0.25, -0.2) is 4.58 Å². The molecule has 5 heteroatoms. The van der Waals surface area contributed by atoms with Crippen molar-refractivity contribution in [2.45, 2.75) is 0 Å². The summed E-state index contributed by atoms with van der Waals surface area (Å²) in [5.41, 5.74) is 8.27. The fourth-order valence-corrected chi connectivity index (χ4v) is 4.13. The van der Waals surface area contributed by atoms with E-state index in [1.54, 1.807) is 14.2 Å². The minimum absolute atomic E-state index is 0.685. The number of anilines is 2. The Morgan fingerprint density at radius 2 is 1.34 bits per heavy atom. The van der Waals surface area contributed by atoms with Gasteiger partial charge in [-0.05, 0) is 58.7 Å². The molecule has 1 aliphatic rings. The van der Waals surface area contributed by atoms with Crippen LogP contribution in [0.2, 0.25) is 0 Å². The van der Waals surface area contributed by atoms with Gasteiger partial charge in [0.2, 0.25) is 0 Å². The maximum absolute atomic E-state index is 5.27. The second-order valence-corrected chi connectivity index (χ2v) is 9.58. The third-order valence-electron chi connectivity index (χ3n) is 6.44. The standard InChI is InChI=1S/C33H42N3O2/c1-34(2)30-19-13-28(14-20-30)33(29-15-21-31(22-16-29)35(3)4)10-8-7-9-27-11-17-32(18-12-27)36(23-25-37-5)24-26-38-6/h7-22H,23-26H2,1-6H3/q+1. The fraction of sp³-hybridized carbons (Fsp3) is 0.303. The summed E-state index contributed by atoms with van der Waals surface area (Å²) in [6.07, 6.45) is 17.3. The second-order valence-electron chi connectivity index (χ2n) is 9.58. The molecule has 0 heterocycles. The zero-order valence-corrected chi connectivity index (χ0v) is 23.7. The van der Waals surface area contributed by atoms with Crippen LogP contribution in [-0.4, -0.2) is 79.0 Å². The molecule has 0 unspecified atom stereocenters. The van der Waals surface area contributed by atoms with Gasteiger partial charge in [0.05, 0.1) is 13.2 Å². The molecular formula is C33H42N3O2+. The van der Waals surface area contributed by atoms with Gasteiger partial charge in [-0.3, -0.25) is 0 Å². The lowest BCUT2D eigenvalue weighted by Crippen LogP contribution is -2.30. The molecule has 0 aromatic heterocycles. The lowest BCUT2D eigenvalue weighted by Gasteiger charge is -2.24. The Morgan fingerprint density at radius 1 is 0.763 bits per heavy atom. The molecule has 38 heavy (non-hydrogen) atoms. The van der Waals surface area contributed by atoms with Crippen molar-refractivity contribution in [2.75, 3.05) is 78.5 Å². The van der Waals surface area contributed by atoms with Gasteiger partial charge in [0.25, 0.3) is 0 Å². The van der Waals surface area contributed by atoms with Crippen LogP contribution in [0, 0.1) is 0 Å². The van der Waals surface area contributed by atoms with E-state index in [1.165, 1.54) is 33.8 Å². The molecule has 0 fully saturated rings. The number of rotatable bonds is 12. The fourth-order valence-electron chi connectivity index (χ4n) is 4.13. The van der Waals surface area contributed by atoms with Crippen molar-refractivity contribution in [3.63, 3.8) is 0 Å². The number of ether oxygens (including phenoxy) is 2. The van der Waals surface area contributed by atoms with Crippen molar-refractivity contribution in [2.24, 2.45) is 0 Å². The second kappa shape index (κ2) is 14.9. The van der Waals surface area contributed by atoms with E-state index in [1.807, 2.05) is 0 Å². The first kappa shape index (κ1) is 28.9. The van der Waals surface area contributed by atoms with Gasteiger partial charge in [-0.1, -0.05) is 48.6 Å². The highest BCUT2D eigenvalue weighted by atomic mass is 16.5. The summed E-state index contributed by atoms with van der Waals surface area (Å²) in [5.74, 6) is 0. The van der Waals surface area contributed by atoms with Crippen LogP contribution in [-0.2, 0) is 9.47 Å². The van der Waals surface area contributed by atoms with Gasteiger partial charge in [0.15, 0.2) is 5.71 Å². The molecule has 0 saturated carbocycles. The average molecular weight is 513 g/mol. The van der Waals surface area contributed by atoms with Crippen LogP contribution in [0.5, 0.6) is 0 Å². The summed E-state index contributed by atoms with van der Waals surface area (Å²) in [5, 5.41) is 0. The SMILES string of the molecule is COCCN(CCOC)c1ccc(C=CC=CC(=C2C=CC(=[N+](C)C)C=C2)c2ccc(N(C)C)cc2)cc1. The van der Waals surface area contributed by atoms with E-state index in [0.29, 0.717) is 13.2 Å². The highest BCUT2D eigenvalue weighted by Gasteiger charge is 2.10. The molecule has 0 atom stereocenters. The molecule has 2 aromatic carbocycles. The smallest absolute Gasteiger partial charge is 0.199 e. The Balaban J connectivity index is 1.80. The number of hydrogen-bond donors (Lipinski definition) is 0. The topological polar surface area (TPSA) is 28.0 Å². The molecule has 0 radical (unpaired) electrons. The van der Waals surface area contributed by atoms with Crippen molar-refractivity contribution >= 4 is 28.7 Å². The normalized spacial score (nSPS) is 13.1. The van der Waals surface area contributed by atoms with Crippen LogP contribution in [0.3, 0.4) is 0 Å². The van der Waals surface area contributed by atoms with Crippen LogP contribution in [0.4, 0.5) is 11.4 Å². The molecule has 0 aliphatic heterocycles. The Bertz CT molecular complexity index is 1180. The Morgan fingerprint density at radius 3 is 1.87 bits per heavy atom. The van der Waals surface area contributed by atoms with Crippen LogP contribution >= 0.6 is 0 Å². The van der Waals surface area contributed by atoms with Crippen molar-refractivity contribution in [3.8, 4) is 0 Å². The summed E-state index contributed by atoms with van der Waals surface area (Å²) in [6, 6.07) is 17.3. The number of hydrogen-bond acceptors (Lipinski definition) is 4. The summed E-state index contributed by atoms with van der Waals surface area (Å²) in [7, 11) is 11.7. The van der Waals surface area contributed by atoms with Crippen LogP contribution in [0.15, 0.2) is 96.6 Å². The summed E-state index contributed by atoms with van der Waals surface area (Å²) < 4.78 is 12.7. The maximum atomic E-state index is 5.27. The van der Waals surface area contributed by atoms with Crippen LogP contribution in [0.1, 0.15) is 11.1 Å². The number of allylic oxidation sites excluding steroid dienone is 9. The minimum Gasteiger partial charge on any atom is -0.383 e. The zero-order valence-electron chi connectivity index (χ0n) is 23.7. The van der Waals surface area contributed by atoms with E-state index in [9.17, 15) is 0 Å². The largest absolute Gasteiger partial charge is 0.383 e. The van der Waals surface area contributed by atoms with E-state index in [4.69, 9.17) is 9.47 Å². The van der Waals surface area contributed by atoms with Crippen molar-refractivity contribution in [1.82, 2.24) is 0 Å². The third-order valence-corrected chi connectivity index (χ3v) is 6.44. The van der Waals surface area contributed by atoms with E-state index in [0.717, 1.165) is 18.7 Å². The van der Waals surface area contributed by atoms with Crippen molar-refractivity contribution in [3.05, 3.63) is 108 Å². The van der Waals surface area contributed by atoms with E-state index < -0.39 is 0 Å². The predicted molar refractivity (Wildman–Crippen MR) is 164 cm³/mol. The first-order valence-electron chi connectivity index (χ1n) is 13.0. The van der Waals surface area contributed by atoms with E-state index in [2.05, 4.69) is 140 Å². The average Bonchev–Trinajstić information content (AvgIpc) is 2.94. The van der Waals surface area contributed by atoms with Gasteiger partial charge in [0.1, 0.15) is 14.1 Å². The first-order chi connectivity index (χ1) is 18.4. The number of methoxy groups -OCH3 is 2. The number of benzene rings is 2. The molecule has 2 aromatic rings. The van der Waals surface area contributed by atoms with E-state index in [-0.39, 0.29) is 0 Å². The summed E-state index contributed by atoms with van der Waals surface area (Å²) >= 11 is 0. The predicted octanol–water partition coefficient (Wildman–Crippen LogP) is 5.71.